The van der Waals surface area contributed by atoms with Crippen molar-refractivity contribution in [1.29, 1.82) is 0 Å². The van der Waals surface area contributed by atoms with Crippen LogP contribution in [0.2, 0.25) is 0 Å². The number of hydrogen-bond donors (Lipinski definition) is 1. The molecule has 96 valence electrons. The second kappa shape index (κ2) is 4.89. The Balaban J connectivity index is 2.32. The molecule has 0 saturated carbocycles. The first kappa shape index (κ1) is 12.8. The van der Waals surface area contributed by atoms with Gasteiger partial charge in [0.25, 0.3) is 11.8 Å². The molecule has 1 N–H and O–H groups in total. The number of carboxylic acids is 1. The summed E-state index contributed by atoms with van der Waals surface area (Å²) in [7, 11) is 0. The normalized spacial score (nSPS) is 15.7. The molecule has 2 rings (SSSR count). The molecule has 19 heavy (non-hydrogen) atoms. The molecule has 1 aliphatic rings. The predicted molar refractivity (Wildman–Crippen MR) is 68.4 cm³/mol. The molecule has 5 heteroatoms. The molecule has 1 aromatic rings. The number of hydrogen-bond acceptors (Lipinski definition) is 3. The van der Waals surface area contributed by atoms with Gasteiger partial charge < -0.3 is 5.11 Å². The number of carbonyl (C=O) groups excluding carboxylic acids is 2. The van der Waals surface area contributed by atoms with Gasteiger partial charge in [-0.05, 0) is 25.1 Å². The SMILES string of the molecule is C/C(=C\C1=CC(=O)N(c2ccccc2)C1=O)C(=O)O. The number of aliphatic carboxylic acids is 1. The number of anilines is 1. The highest BCUT2D eigenvalue weighted by molar-refractivity contribution is 6.31. The van der Waals surface area contributed by atoms with Crippen LogP contribution in [0.15, 0.2) is 53.6 Å². The molecular formula is C14H11NO4. The summed E-state index contributed by atoms with van der Waals surface area (Å²) >= 11 is 0. The highest BCUT2D eigenvalue weighted by Crippen LogP contribution is 2.23. The number of carboxylic acid groups (broad SMARTS) is 1. The van der Waals surface area contributed by atoms with Gasteiger partial charge in [-0.3, -0.25) is 9.59 Å². The highest BCUT2D eigenvalue weighted by Gasteiger charge is 2.31. The summed E-state index contributed by atoms with van der Waals surface area (Å²) in [6.45, 7) is 1.37. The van der Waals surface area contributed by atoms with Crippen LogP contribution in [-0.4, -0.2) is 22.9 Å². The fourth-order valence-electron chi connectivity index (χ4n) is 1.71. The molecule has 1 aromatic carbocycles. The number of benzene rings is 1. The number of nitrogens with zero attached hydrogens (tertiary/aromatic N) is 1. The Morgan fingerprint density at radius 1 is 1.21 bits per heavy atom. The van der Waals surface area contributed by atoms with E-state index in [1.54, 1.807) is 30.3 Å². The average Bonchev–Trinajstić information content (AvgIpc) is 2.65. The lowest BCUT2D eigenvalue weighted by molar-refractivity contribution is -0.132. The minimum atomic E-state index is -1.13. The monoisotopic (exact) mass is 257 g/mol. The van der Waals surface area contributed by atoms with Crippen LogP contribution in [-0.2, 0) is 14.4 Å². The topological polar surface area (TPSA) is 74.7 Å². The summed E-state index contributed by atoms with van der Waals surface area (Å²) in [5, 5.41) is 8.77. The Kier molecular flexibility index (Phi) is 3.29. The van der Waals surface area contributed by atoms with Gasteiger partial charge in [-0.1, -0.05) is 18.2 Å². The third kappa shape index (κ3) is 2.44. The van der Waals surface area contributed by atoms with Crippen molar-refractivity contribution in [2.45, 2.75) is 6.92 Å². The van der Waals surface area contributed by atoms with Crippen LogP contribution >= 0.6 is 0 Å². The maximum Gasteiger partial charge on any atom is 0.331 e. The maximum atomic E-state index is 12.1. The number of carbonyl (C=O) groups is 3. The molecule has 0 unspecified atom stereocenters. The smallest absolute Gasteiger partial charge is 0.331 e. The zero-order chi connectivity index (χ0) is 14.0. The first-order valence-corrected chi connectivity index (χ1v) is 5.57. The lowest BCUT2D eigenvalue weighted by atomic mass is 10.1. The van der Waals surface area contributed by atoms with Gasteiger partial charge in [0.1, 0.15) is 0 Å². The van der Waals surface area contributed by atoms with Crippen molar-refractivity contribution in [3.63, 3.8) is 0 Å². The van der Waals surface area contributed by atoms with Gasteiger partial charge in [-0.25, -0.2) is 9.69 Å². The summed E-state index contributed by atoms with van der Waals surface area (Å²) in [6, 6.07) is 8.48. The zero-order valence-corrected chi connectivity index (χ0v) is 10.2. The van der Waals surface area contributed by atoms with Crippen LogP contribution in [0.4, 0.5) is 5.69 Å². The van der Waals surface area contributed by atoms with Crippen LogP contribution < -0.4 is 4.90 Å². The minimum Gasteiger partial charge on any atom is -0.478 e. The summed E-state index contributed by atoms with van der Waals surface area (Å²) in [5.74, 6) is -2.11. The number of amides is 2. The second-order valence-electron chi connectivity index (χ2n) is 4.05. The van der Waals surface area contributed by atoms with E-state index in [1.807, 2.05) is 0 Å². The average molecular weight is 257 g/mol. The van der Waals surface area contributed by atoms with Gasteiger partial charge in [0, 0.05) is 17.2 Å². The molecule has 0 aliphatic carbocycles. The molecule has 0 bridgehead atoms. The molecule has 0 radical (unpaired) electrons. The van der Waals surface area contributed by atoms with E-state index in [2.05, 4.69) is 0 Å². The molecule has 0 fully saturated rings. The van der Waals surface area contributed by atoms with Crippen LogP contribution in [0.5, 0.6) is 0 Å². The van der Waals surface area contributed by atoms with Gasteiger partial charge in [-0.15, -0.1) is 0 Å². The summed E-state index contributed by atoms with van der Waals surface area (Å²) < 4.78 is 0. The fourth-order valence-corrected chi connectivity index (χ4v) is 1.71. The molecule has 5 nitrogen and oxygen atoms in total. The Labute approximate surface area is 109 Å². The van der Waals surface area contributed by atoms with Crippen molar-refractivity contribution in [2.75, 3.05) is 4.90 Å². The van der Waals surface area contributed by atoms with E-state index in [-0.39, 0.29) is 11.1 Å². The van der Waals surface area contributed by atoms with Crippen LogP contribution in [0.25, 0.3) is 0 Å². The van der Waals surface area contributed by atoms with Crippen molar-refractivity contribution in [3.05, 3.63) is 53.6 Å². The third-order valence-corrected chi connectivity index (χ3v) is 2.67. The van der Waals surface area contributed by atoms with E-state index >= 15 is 0 Å². The molecule has 1 aliphatic heterocycles. The summed E-state index contributed by atoms with van der Waals surface area (Å²) in [6.07, 6.45) is 2.34. The minimum absolute atomic E-state index is 0.00214. The first-order chi connectivity index (χ1) is 9.00. The Morgan fingerprint density at radius 2 is 1.84 bits per heavy atom. The van der Waals surface area contributed by atoms with E-state index in [1.165, 1.54) is 13.0 Å². The fraction of sp³-hybridized carbons (Fsp3) is 0.0714. The molecule has 2 amide bonds. The van der Waals surface area contributed by atoms with E-state index in [0.717, 1.165) is 11.0 Å². The van der Waals surface area contributed by atoms with E-state index in [9.17, 15) is 14.4 Å². The first-order valence-electron chi connectivity index (χ1n) is 5.57. The lowest BCUT2D eigenvalue weighted by Gasteiger charge is -2.13. The molecule has 0 atom stereocenters. The molecule has 0 saturated heterocycles. The quantitative estimate of drug-likeness (QED) is 0.658. The van der Waals surface area contributed by atoms with Crippen molar-refractivity contribution >= 4 is 23.5 Å². The molecular weight excluding hydrogens is 246 g/mol. The Hall–Kier alpha value is -2.69. The number of para-hydroxylation sites is 1. The number of imide groups is 1. The predicted octanol–water partition coefficient (Wildman–Crippen LogP) is 1.52. The Bertz CT molecular complexity index is 614. The zero-order valence-electron chi connectivity index (χ0n) is 10.2. The summed E-state index contributed by atoms with van der Waals surface area (Å²) in [5.41, 5.74) is 0.543. The van der Waals surface area contributed by atoms with Crippen LogP contribution in [0, 0.1) is 0 Å². The van der Waals surface area contributed by atoms with Crippen molar-refractivity contribution < 1.29 is 19.5 Å². The van der Waals surface area contributed by atoms with Gasteiger partial charge in [0.15, 0.2) is 0 Å². The lowest BCUT2D eigenvalue weighted by Crippen LogP contribution is -2.30. The van der Waals surface area contributed by atoms with Gasteiger partial charge in [0.05, 0.1) is 5.69 Å². The van der Waals surface area contributed by atoms with Gasteiger partial charge in [0.2, 0.25) is 0 Å². The maximum absolute atomic E-state index is 12.1. The van der Waals surface area contributed by atoms with Crippen LogP contribution in [0.1, 0.15) is 6.92 Å². The van der Waals surface area contributed by atoms with E-state index < -0.39 is 17.8 Å². The highest BCUT2D eigenvalue weighted by atomic mass is 16.4. The van der Waals surface area contributed by atoms with Crippen molar-refractivity contribution in [2.24, 2.45) is 0 Å². The Morgan fingerprint density at radius 3 is 2.42 bits per heavy atom. The third-order valence-electron chi connectivity index (χ3n) is 2.67. The van der Waals surface area contributed by atoms with E-state index in [0.29, 0.717) is 5.69 Å². The summed E-state index contributed by atoms with van der Waals surface area (Å²) in [4.78, 5) is 35.6. The second-order valence-corrected chi connectivity index (χ2v) is 4.05. The van der Waals surface area contributed by atoms with Crippen LogP contribution in [0.3, 0.4) is 0 Å². The molecule has 0 aromatic heterocycles. The van der Waals surface area contributed by atoms with Gasteiger partial charge >= 0.3 is 5.97 Å². The molecule has 1 heterocycles. The van der Waals surface area contributed by atoms with Gasteiger partial charge in [-0.2, -0.15) is 0 Å². The van der Waals surface area contributed by atoms with E-state index in [4.69, 9.17) is 5.11 Å². The standard InChI is InChI=1S/C14H11NO4/c1-9(14(18)19)7-10-8-12(16)15(13(10)17)11-5-3-2-4-6-11/h2-8H,1H3,(H,18,19)/b9-7+. The van der Waals surface area contributed by atoms with Crippen molar-refractivity contribution in [1.82, 2.24) is 0 Å². The molecule has 0 spiro atoms. The largest absolute Gasteiger partial charge is 0.478 e. The van der Waals surface area contributed by atoms with Crippen molar-refractivity contribution in [3.8, 4) is 0 Å². The number of rotatable bonds is 3.